The maximum atomic E-state index is 5.72. The number of hydrogen-bond acceptors (Lipinski definition) is 3. The van der Waals surface area contributed by atoms with Crippen LogP contribution < -0.4 is 5.32 Å². The van der Waals surface area contributed by atoms with Gasteiger partial charge in [-0.05, 0) is 24.1 Å². The lowest BCUT2D eigenvalue weighted by Gasteiger charge is -2.32. The van der Waals surface area contributed by atoms with E-state index in [1.165, 1.54) is 11.1 Å². The lowest BCUT2D eigenvalue weighted by Crippen LogP contribution is -2.41. The van der Waals surface area contributed by atoms with Crippen molar-refractivity contribution < 1.29 is 4.74 Å². The van der Waals surface area contributed by atoms with Gasteiger partial charge >= 0.3 is 0 Å². The van der Waals surface area contributed by atoms with Crippen LogP contribution in [0.2, 0.25) is 0 Å². The van der Waals surface area contributed by atoms with Crippen LogP contribution in [-0.4, -0.2) is 37.2 Å². The summed E-state index contributed by atoms with van der Waals surface area (Å²) >= 11 is 0. The highest BCUT2D eigenvalue weighted by molar-refractivity contribution is 5.23. The predicted molar refractivity (Wildman–Crippen MR) is 79.1 cm³/mol. The molecule has 1 unspecified atom stereocenters. The Kier molecular flexibility index (Phi) is 5.83. The molecule has 1 N–H and O–H groups in total. The highest BCUT2D eigenvalue weighted by Gasteiger charge is 2.18. The van der Waals surface area contributed by atoms with Gasteiger partial charge in [-0.2, -0.15) is 0 Å². The van der Waals surface area contributed by atoms with Crippen molar-refractivity contribution in [2.45, 2.75) is 39.5 Å². The molecule has 0 amide bonds. The lowest BCUT2D eigenvalue weighted by molar-refractivity contribution is -0.0324. The average molecular weight is 262 g/mol. The third-order valence-corrected chi connectivity index (χ3v) is 3.65. The summed E-state index contributed by atoms with van der Waals surface area (Å²) in [5, 5.41) is 3.38. The van der Waals surface area contributed by atoms with Crippen LogP contribution in [0.15, 0.2) is 24.3 Å². The van der Waals surface area contributed by atoms with E-state index in [-0.39, 0.29) is 0 Å². The summed E-state index contributed by atoms with van der Waals surface area (Å²) in [7, 11) is 0. The molecule has 0 radical (unpaired) electrons. The van der Waals surface area contributed by atoms with Crippen molar-refractivity contribution in [2.24, 2.45) is 0 Å². The fourth-order valence-corrected chi connectivity index (χ4v) is 2.54. The maximum absolute atomic E-state index is 5.72. The van der Waals surface area contributed by atoms with Crippen LogP contribution in [0, 0.1) is 0 Å². The van der Waals surface area contributed by atoms with Gasteiger partial charge in [-0.1, -0.05) is 38.1 Å². The van der Waals surface area contributed by atoms with Gasteiger partial charge in [-0.3, -0.25) is 4.90 Å². The van der Waals surface area contributed by atoms with Gasteiger partial charge in [-0.15, -0.1) is 0 Å². The summed E-state index contributed by atoms with van der Waals surface area (Å²) in [6, 6.07) is 8.91. The molecule has 106 valence electrons. The summed E-state index contributed by atoms with van der Waals surface area (Å²) in [6.45, 7) is 10.3. The van der Waals surface area contributed by atoms with Crippen LogP contribution in [0.1, 0.15) is 31.4 Å². The van der Waals surface area contributed by atoms with Gasteiger partial charge in [0.05, 0.1) is 12.7 Å². The Labute approximate surface area is 116 Å². The Morgan fingerprint density at radius 3 is 2.95 bits per heavy atom. The third-order valence-electron chi connectivity index (χ3n) is 3.65. The average Bonchev–Trinajstić information content (AvgIpc) is 2.46. The molecular formula is C16H26N2O. The van der Waals surface area contributed by atoms with E-state index in [1.807, 2.05) is 0 Å². The first-order valence-electron chi connectivity index (χ1n) is 7.44. The van der Waals surface area contributed by atoms with E-state index < -0.39 is 0 Å². The molecule has 2 rings (SSSR count). The van der Waals surface area contributed by atoms with Crippen molar-refractivity contribution in [3.63, 3.8) is 0 Å². The molecule has 3 heteroatoms. The summed E-state index contributed by atoms with van der Waals surface area (Å²) in [6.07, 6.45) is 1.52. The van der Waals surface area contributed by atoms with Gasteiger partial charge < -0.3 is 10.1 Å². The number of benzene rings is 1. The highest BCUT2D eigenvalue weighted by atomic mass is 16.5. The van der Waals surface area contributed by atoms with Crippen molar-refractivity contribution in [1.82, 2.24) is 10.2 Å². The fourth-order valence-electron chi connectivity index (χ4n) is 2.54. The van der Waals surface area contributed by atoms with Crippen molar-refractivity contribution in [3.05, 3.63) is 35.4 Å². The molecule has 1 aromatic rings. The minimum atomic E-state index is 0.415. The molecule has 1 heterocycles. The van der Waals surface area contributed by atoms with Gasteiger partial charge in [0.15, 0.2) is 0 Å². The van der Waals surface area contributed by atoms with E-state index in [4.69, 9.17) is 4.74 Å². The zero-order chi connectivity index (χ0) is 13.5. The summed E-state index contributed by atoms with van der Waals surface area (Å²) in [4.78, 5) is 2.50. The normalized spacial score (nSPS) is 20.6. The largest absolute Gasteiger partial charge is 0.376 e. The molecule has 0 saturated carbocycles. The van der Waals surface area contributed by atoms with Crippen LogP contribution in [0.3, 0.4) is 0 Å². The molecule has 1 aromatic carbocycles. The van der Waals surface area contributed by atoms with Crippen molar-refractivity contribution in [3.8, 4) is 0 Å². The van der Waals surface area contributed by atoms with Crippen LogP contribution in [0.4, 0.5) is 0 Å². The summed E-state index contributed by atoms with van der Waals surface area (Å²) < 4.78 is 5.72. The molecule has 0 aromatic heterocycles. The third kappa shape index (κ3) is 4.60. The zero-order valence-electron chi connectivity index (χ0n) is 12.2. The van der Waals surface area contributed by atoms with E-state index in [0.29, 0.717) is 6.10 Å². The standard InChI is InChI=1S/C16H26N2O/c1-3-16-13-18(8-9-19-16)12-15-7-5-6-14(10-15)11-17-4-2/h5-7,10,16-17H,3-4,8-9,11-13H2,1-2H3. The minimum absolute atomic E-state index is 0.415. The molecule has 1 saturated heterocycles. The van der Waals surface area contributed by atoms with Crippen LogP contribution in [0.5, 0.6) is 0 Å². The summed E-state index contributed by atoms with van der Waals surface area (Å²) in [5.41, 5.74) is 2.78. The molecular weight excluding hydrogens is 236 g/mol. The molecule has 19 heavy (non-hydrogen) atoms. The Hall–Kier alpha value is -0.900. The second-order valence-corrected chi connectivity index (χ2v) is 5.24. The topological polar surface area (TPSA) is 24.5 Å². The van der Waals surface area contributed by atoms with E-state index in [9.17, 15) is 0 Å². The van der Waals surface area contributed by atoms with Crippen molar-refractivity contribution in [2.75, 3.05) is 26.2 Å². The molecule has 1 atom stereocenters. The molecule has 0 bridgehead atoms. The number of nitrogens with one attached hydrogen (secondary N) is 1. The van der Waals surface area contributed by atoms with Gasteiger partial charge in [0.2, 0.25) is 0 Å². The number of ether oxygens (including phenoxy) is 1. The smallest absolute Gasteiger partial charge is 0.0700 e. The Bertz CT molecular complexity index is 381. The zero-order valence-corrected chi connectivity index (χ0v) is 12.2. The Morgan fingerprint density at radius 1 is 1.32 bits per heavy atom. The van der Waals surface area contributed by atoms with E-state index >= 15 is 0 Å². The molecule has 1 aliphatic rings. The van der Waals surface area contributed by atoms with Crippen molar-refractivity contribution in [1.29, 1.82) is 0 Å². The first-order valence-corrected chi connectivity index (χ1v) is 7.44. The first-order chi connectivity index (χ1) is 9.31. The first kappa shape index (κ1) is 14.5. The predicted octanol–water partition coefficient (Wildman–Crippen LogP) is 2.41. The second kappa shape index (κ2) is 7.63. The van der Waals surface area contributed by atoms with Gasteiger partial charge in [0.25, 0.3) is 0 Å². The minimum Gasteiger partial charge on any atom is -0.376 e. The molecule has 3 nitrogen and oxygen atoms in total. The maximum Gasteiger partial charge on any atom is 0.0700 e. The number of rotatable bonds is 6. The van der Waals surface area contributed by atoms with Crippen LogP contribution in [-0.2, 0) is 17.8 Å². The monoisotopic (exact) mass is 262 g/mol. The fraction of sp³-hybridized carbons (Fsp3) is 0.625. The highest BCUT2D eigenvalue weighted by Crippen LogP contribution is 2.13. The molecule has 1 fully saturated rings. The van der Waals surface area contributed by atoms with E-state index in [2.05, 4.69) is 48.3 Å². The van der Waals surface area contributed by atoms with Crippen LogP contribution >= 0.6 is 0 Å². The van der Waals surface area contributed by atoms with Crippen molar-refractivity contribution >= 4 is 0 Å². The molecule has 0 spiro atoms. The van der Waals surface area contributed by atoms with E-state index in [0.717, 1.165) is 45.8 Å². The lowest BCUT2D eigenvalue weighted by atomic mass is 10.1. The van der Waals surface area contributed by atoms with E-state index in [1.54, 1.807) is 0 Å². The molecule has 0 aliphatic carbocycles. The van der Waals surface area contributed by atoms with Gasteiger partial charge in [0, 0.05) is 26.2 Å². The van der Waals surface area contributed by atoms with Gasteiger partial charge in [0.1, 0.15) is 0 Å². The Morgan fingerprint density at radius 2 is 2.16 bits per heavy atom. The SMILES string of the molecule is CCNCc1cccc(CN2CCOC(CC)C2)c1. The van der Waals surface area contributed by atoms with Crippen LogP contribution in [0.25, 0.3) is 0 Å². The Balaban J connectivity index is 1.90. The number of nitrogens with zero attached hydrogens (tertiary/aromatic N) is 1. The summed E-state index contributed by atoms with van der Waals surface area (Å²) in [5.74, 6) is 0. The number of morpholine rings is 1. The number of hydrogen-bond donors (Lipinski definition) is 1. The molecule has 1 aliphatic heterocycles. The second-order valence-electron chi connectivity index (χ2n) is 5.24. The van der Waals surface area contributed by atoms with Gasteiger partial charge in [-0.25, -0.2) is 0 Å². The quantitative estimate of drug-likeness (QED) is 0.852.